The summed E-state index contributed by atoms with van der Waals surface area (Å²) in [7, 11) is 3.58. The fourth-order valence-corrected chi connectivity index (χ4v) is 3.32. The van der Waals surface area contributed by atoms with Crippen LogP contribution in [0.5, 0.6) is 5.75 Å². The summed E-state index contributed by atoms with van der Waals surface area (Å²) in [5.41, 5.74) is 0.703. The summed E-state index contributed by atoms with van der Waals surface area (Å²) in [5, 5.41) is 6.36. The van der Waals surface area contributed by atoms with Crippen LogP contribution in [-0.2, 0) is 4.79 Å². The summed E-state index contributed by atoms with van der Waals surface area (Å²) < 4.78 is 6.06. The summed E-state index contributed by atoms with van der Waals surface area (Å²) in [4.78, 5) is 12.4. The molecule has 2 rings (SSSR count). The average molecular weight is 355 g/mol. The Kier molecular flexibility index (Phi) is 5.65. The summed E-state index contributed by atoms with van der Waals surface area (Å²) >= 11 is 3.46. The number of hydrogen-bond donors (Lipinski definition) is 2. The maximum Gasteiger partial charge on any atom is 0.226 e. The van der Waals surface area contributed by atoms with Crippen molar-refractivity contribution in [3.8, 4) is 5.75 Å². The maximum atomic E-state index is 12.4. The lowest BCUT2D eigenvalue weighted by Gasteiger charge is -2.36. The molecule has 0 radical (unpaired) electrons. The van der Waals surface area contributed by atoms with Gasteiger partial charge in [-0.2, -0.15) is 0 Å². The molecule has 21 heavy (non-hydrogen) atoms. The number of methoxy groups -OCH3 is 1. The minimum atomic E-state index is -0.0479. The van der Waals surface area contributed by atoms with Crippen molar-refractivity contribution in [2.45, 2.75) is 44.1 Å². The summed E-state index contributed by atoms with van der Waals surface area (Å²) in [6.07, 6.45) is 6.29. The van der Waals surface area contributed by atoms with Gasteiger partial charge in [0.15, 0.2) is 0 Å². The van der Waals surface area contributed by atoms with Crippen molar-refractivity contribution in [1.29, 1.82) is 0 Å². The molecule has 1 aromatic rings. The van der Waals surface area contributed by atoms with Crippen LogP contribution in [0.15, 0.2) is 22.7 Å². The van der Waals surface area contributed by atoms with Crippen molar-refractivity contribution < 1.29 is 9.53 Å². The number of rotatable bonds is 5. The molecule has 0 heterocycles. The highest BCUT2D eigenvalue weighted by Crippen LogP contribution is 2.32. The predicted molar refractivity (Wildman–Crippen MR) is 88.8 cm³/mol. The molecule has 116 valence electrons. The van der Waals surface area contributed by atoms with Gasteiger partial charge in [-0.25, -0.2) is 0 Å². The van der Waals surface area contributed by atoms with Crippen molar-refractivity contribution in [2.24, 2.45) is 0 Å². The van der Waals surface area contributed by atoms with E-state index in [0.29, 0.717) is 6.42 Å². The standard InChI is InChI=1S/C16H23BrN2O2/c1-18-16(8-4-3-5-9-16)11-15(20)19-14-10-12(21-2)6-7-13(14)17/h6-7,10,18H,3-5,8-9,11H2,1-2H3,(H,19,20). The molecule has 1 amide bonds. The number of carbonyl (C=O) groups is 1. The first-order valence-corrected chi connectivity index (χ1v) is 8.20. The fraction of sp³-hybridized carbons (Fsp3) is 0.562. The van der Waals surface area contributed by atoms with Crippen LogP contribution < -0.4 is 15.4 Å². The van der Waals surface area contributed by atoms with Gasteiger partial charge in [0.2, 0.25) is 5.91 Å². The van der Waals surface area contributed by atoms with Crippen LogP contribution in [0.3, 0.4) is 0 Å². The van der Waals surface area contributed by atoms with Gasteiger partial charge in [-0.1, -0.05) is 19.3 Å². The van der Waals surface area contributed by atoms with Gasteiger partial charge in [-0.15, -0.1) is 0 Å². The van der Waals surface area contributed by atoms with Gasteiger partial charge in [0.05, 0.1) is 12.8 Å². The number of benzene rings is 1. The predicted octanol–water partition coefficient (Wildman–Crippen LogP) is 3.71. The zero-order chi connectivity index (χ0) is 15.3. The van der Waals surface area contributed by atoms with Gasteiger partial charge < -0.3 is 15.4 Å². The average Bonchev–Trinajstić information content (AvgIpc) is 2.50. The molecule has 1 aromatic carbocycles. The van der Waals surface area contributed by atoms with E-state index < -0.39 is 0 Å². The molecule has 0 aliphatic heterocycles. The van der Waals surface area contributed by atoms with E-state index in [0.717, 1.165) is 28.8 Å². The van der Waals surface area contributed by atoms with Crippen LogP contribution in [0.4, 0.5) is 5.69 Å². The van der Waals surface area contributed by atoms with Crippen LogP contribution >= 0.6 is 15.9 Å². The lowest BCUT2D eigenvalue weighted by molar-refractivity contribution is -0.117. The van der Waals surface area contributed by atoms with Gasteiger partial charge >= 0.3 is 0 Å². The minimum Gasteiger partial charge on any atom is -0.497 e. The SMILES string of the molecule is CNC1(CC(=O)Nc2cc(OC)ccc2Br)CCCCC1. The third-order valence-corrected chi connectivity index (χ3v) is 4.98. The zero-order valence-electron chi connectivity index (χ0n) is 12.7. The fourth-order valence-electron chi connectivity index (χ4n) is 2.97. The number of nitrogens with one attached hydrogen (secondary N) is 2. The van der Waals surface area contributed by atoms with E-state index in [9.17, 15) is 4.79 Å². The van der Waals surface area contributed by atoms with Crippen LogP contribution in [0.1, 0.15) is 38.5 Å². The molecule has 2 N–H and O–H groups in total. The van der Waals surface area contributed by atoms with Crippen molar-refractivity contribution in [3.05, 3.63) is 22.7 Å². The van der Waals surface area contributed by atoms with E-state index in [2.05, 4.69) is 26.6 Å². The monoisotopic (exact) mass is 354 g/mol. The highest BCUT2D eigenvalue weighted by Gasteiger charge is 2.32. The van der Waals surface area contributed by atoms with Gasteiger partial charge in [-0.3, -0.25) is 4.79 Å². The Morgan fingerprint density at radius 3 is 2.67 bits per heavy atom. The third kappa shape index (κ3) is 4.20. The molecule has 0 atom stereocenters. The second kappa shape index (κ2) is 7.27. The Morgan fingerprint density at radius 2 is 2.05 bits per heavy atom. The molecule has 0 unspecified atom stereocenters. The Hall–Kier alpha value is -1.07. The Labute approximate surface area is 134 Å². The molecule has 0 aromatic heterocycles. The highest BCUT2D eigenvalue weighted by atomic mass is 79.9. The first kappa shape index (κ1) is 16.3. The molecule has 1 aliphatic carbocycles. The molecule has 1 fully saturated rings. The normalized spacial score (nSPS) is 17.3. The number of halogens is 1. The van der Waals surface area contributed by atoms with Crippen molar-refractivity contribution in [1.82, 2.24) is 5.32 Å². The van der Waals surface area contributed by atoms with E-state index in [1.165, 1.54) is 19.3 Å². The number of carbonyl (C=O) groups excluding carboxylic acids is 1. The van der Waals surface area contributed by atoms with Crippen LogP contribution in [0.2, 0.25) is 0 Å². The number of ether oxygens (including phenoxy) is 1. The van der Waals surface area contributed by atoms with E-state index in [4.69, 9.17) is 4.74 Å². The van der Waals surface area contributed by atoms with Gasteiger partial charge in [0.25, 0.3) is 0 Å². The van der Waals surface area contributed by atoms with E-state index in [1.807, 2.05) is 25.2 Å². The molecule has 0 spiro atoms. The molecular weight excluding hydrogens is 332 g/mol. The van der Waals surface area contributed by atoms with Crippen LogP contribution in [-0.4, -0.2) is 25.6 Å². The second-order valence-corrected chi connectivity index (χ2v) is 6.52. The molecule has 0 bridgehead atoms. The molecular formula is C16H23BrN2O2. The van der Waals surface area contributed by atoms with E-state index in [1.54, 1.807) is 7.11 Å². The number of amides is 1. The van der Waals surface area contributed by atoms with Gasteiger partial charge in [-0.05, 0) is 48.0 Å². The topological polar surface area (TPSA) is 50.4 Å². The quantitative estimate of drug-likeness (QED) is 0.847. The minimum absolute atomic E-state index is 0.0419. The summed E-state index contributed by atoms with van der Waals surface area (Å²) in [6.45, 7) is 0. The second-order valence-electron chi connectivity index (χ2n) is 5.66. The zero-order valence-corrected chi connectivity index (χ0v) is 14.3. The summed E-state index contributed by atoms with van der Waals surface area (Å²) in [5.74, 6) is 0.773. The largest absolute Gasteiger partial charge is 0.497 e. The maximum absolute atomic E-state index is 12.4. The molecule has 5 heteroatoms. The smallest absolute Gasteiger partial charge is 0.226 e. The van der Waals surface area contributed by atoms with E-state index >= 15 is 0 Å². The number of hydrogen-bond acceptors (Lipinski definition) is 3. The first-order chi connectivity index (χ1) is 10.1. The van der Waals surface area contributed by atoms with Gasteiger partial charge in [0.1, 0.15) is 5.75 Å². The highest BCUT2D eigenvalue weighted by molar-refractivity contribution is 9.10. The Bertz CT molecular complexity index is 499. The first-order valence-electron chi connectivity index (χ1n) is 7.41. The lowest BCUT2D eigenvalue weighted by Crippen LogP contribution is -2.47. The molecule has 1 saturated carbocycles. The summed E-state index contributed by atoms with van der Waals surface area (Å²) in [6, 6.07) is 5.56. The third-order valence-electron chi connectivity index (χ3n) is 4.29. The van der Waals surface area contributed by atoms with Crippen molar-refractivity contribution >= 4 is 27.5 Å². The van der Waals surface area contributed by atoms with E-state index in [-0.39, 0.29) is 11.4 Å². The van der Waals surface area contributed by atoms with Crippen LogP contribution in [0, 0.1) is 0 Å². The Morgan fingerprint density at radius 1 is 1.33 bits per heavy atom. The Balaban J connectivity index is 2.04. The van der Waals surface area contributed by atoms with Gasteiger partial charge in [0, 0.05) is 22.5 Å². The molecule has 0 saturated heterocycles. The van der Waals surface area contributed by atoms with Crippen molar-refractivity contribution in [3.63, 3.8) is 0 Å². The van der Waals surface area contributed by atoms with Crippen LogP contribution in [0.25, 0.3) is 0 Å². The number of anilines is 1. The lowest BCUT2D eigenvalue weighted by atomic mass is 9.79. The van der Waals surface area contributed by atoms with Crippen molar-refractivity contribution in [2.75, 3.05) is 19.5 Å². The molecule has 4 nitrogen and oxygen atoms in total. The molecule has 1 aliphatic rings.